The fourth-order valence-electron chi connectivity index (χ4n) is 3.23. The minimum Gasteiger partial charge on any atom is -0.357 e. The van der Waals surface area contributed by atoms with E-state index in [4.69, 9.17) is 4.99 Å². The normalized spacial score (nSPS) is 20.8. The van der Waals surface area contributed by atoms with Crippen LogP contribution in [-0.4, -0.2) is 60.9 Å². The first-order chi connectivity index (χ1) is 12.2. The molecule has 1 unspecified atom stereocenters. The molecule has 1 aliphatic heterocycles. The molecule has 2 heterocycles. The molecule has 0 saturated carbocycles. The monoisotopic (exact) mass is 380 g/mol. The molecular weight excluding hydrogens is 348 g/mol. The highest BCUT2D eigenvalue weighted by Crippen LogP contribution is 2.26. The van der Waals surface area contributed by atoms with Crippen molar-refractivity contribution in [2.45, 2.75) is 45.3 Å². The van der Waals surface area contributed by atoms with Crippen LogP contribution in [0, 0.1) is 5.92 Å². The number of hydrogen-bond donors (Lipinski definition) is 1. The molecule has 1 aliphatic rings. The van der Waals surface area contributed by atoms with Gasteiger partial charge in [-0.25, -0.2) is 8.42 Å². The molecule has 0 radical (unpaired) electrons. The van der Waals surface area contributed by atoms with Crippen molar-refractivity contribution in [2.24, 2.45) is 10.9 Å². The summed E-state index contributed by atoms with van der Waals surface area (Å²) < 4.78 is 23.8. The summed E-state index contributed by atoms with van der Waals surface area (Å²) in [7, 11) is -3.06. The summed E-state index contributed by atoms with van der Waals surface area (Å²) >= 11 is 0. The van der Waals surface area contributed by atoms with Crippen LogP contribution in [0.3, 0.4) is 0 Å². The van der Waals surface area contributed by atoms with E-state index >= 15 is 0 Å². The molecule has 6 nitrogen and oxygen atoms in total. The van der Waals surface area contributed by atoms with E-state index in [1.807, 2.05) is 19.2 Å². The second kappa shape index (κ2) is 8.37. The lowest BCUT2D eigenvalue weighted by molar-refractivity contribution is 0.352. The van der Waals surface area contributed by atoms with Crippen LogP contribution in [0.5, 0.6) is 0 Å². The molecule has 0 amide bonds. The molecule has 0 spiro atoms. The Hall–Kier alpha value is -1.63. The number of nitrogens with zero attached hydrogens (tertiary/aromatic N) is 3. The van der Waals surface area contributed by atoms with Crippen LogP contribution >= 0.6 is 0 Å². The summed E-state index contributed by atoms with van der Waals surface area (Å²) in [6, 6.07) is 4.05. The van der Waals surface area contributed by atoms with Crippen molar-refractivity contribution in [1.82, 2.24) is 15.2 Å². The van der Waals surface area contributed by atoms with Crippen LogP contribution in [0.15, 0.2) is 29.5 Å². The zero-order valence-electron chi connectivity index (χ0n) is 16.6. The molecule has 1 saturated heterocycles. The molecule has 2 rings (SSSR count). The maximum absolute atomic E-state index is 12.3. The van der Waals surface area contributed by atoms with Crippen LogP contribution in [-0.2, 0) is 9.84 Å². The molecule has 0 aliphatic carbocycles. The molecule has 0 aromatic carbocycles. The summed E-state index contributed by atoms with van der Waals surface area (Å²) in [5.41, 5.74) is 1.18. The van der Waals surface area contributed by atoms with Crippen molar-refractivity contribution in [3.63, 3.8) is 0 Å². The van der Waals surface area contributed by atoms with Gasteiger partial charge in [-0.15, -0.1) is 0 Å². The van der Waals surface area contributed by atoms with Gasteiger partial charge in [-0.1, -0.05) is 19.9 Å². The smallest absolute Gasteiger partial charge is 0.194 e. The Morgan fingerprint density at radius 1 is 1.42 bits per heavy atom. The molecule has 1 fully saturated rings. The molecule has 26 heavy (non-hydrogen) atoms. The van der Waals surface area contributed by atoms with Crippen LogP contribution < -0.4 is 5.32 Å². The maximum Gasteiger partial charge on any atom is 0.194 e. The van der Waals surface area contributed by atoms with Crippen molar-refractivity contribution in [2.75, 3.05) is 31.9 Å². The van der Waals surface area contributed by atoms with Crippen LogP contribution in [0.4, 0.5) is 0 Å². The number of pyridine rings is 1. The number of nitrogens with one attached hydrogen (secondary N) is 1. The van der Waals surface area contributed by atoms with Crippen LogP contribution in [0.2, 0.25) is 0 Å². The molecule has 0 bridgehead atoms. The van der Waals surface area contributed by atoms with Gasteiger partial charge in [0, 0.05) is 44.5 Å². The standard InChI is InChI=1S/C19H32N4O2S/c1-6-21-18(23-10-11-26(24,25)19(4,5)14-23)22-13-17(15(2)3)16-8-7-9-20-12-16/h7-9,12,15,17H,6,10-11,13-14H2,1-5H3,(H,21,22). The number of rotatable bonds is 5. The van der Waals surface area contributed by atoms with Gasteiger partial charge >= 0.3 is 0 Å². The fraction of sp³-hybridized carbons (Fsp3) is 0.684. The second-order valence-electron chi connectivity index (χ2n) is 7.83. The first-order valence-corrected chi connectivity index (χ1v) is 11.0. The SMILES string of the molecule is CCNC(=NCC(c1cccnc1)C(C)C)N1CCS(=O)(=O)C(C)(C)C1. The Labute approximate surface area is 158 Å². The van der Waals surface area contributed by atoms with Gasteiger partial charge in [0.05, 0.1) is 10.5 Å². The van der Waals surface area contributed by atoms with E-state index in [-0.39, 0.29) is 11.7 Å². The molecule has 1 aromatic heterocycles. The van der Waals surface area contributed by atoms with Gasteiger partial charge in [0.15, 0.2) is 15.8 Å². The molecule has 7 heteroatoms. The molecule has 146 valence electrons. The molecule has 1 aromatic rings. The van der Waals surface area contributed by atoms with E-state index in [0.717, 1.165) is 12.5 Å². The highest BCUT2D eigenvalue weighted by molar-refractivity contribution is 7.92. The minimum absolute atomic E-state index is 0.167. The van der Waals surface area contributed by atoms with Crippen molar-refractivity contribution in [3.8, 4) is 0 Å². The van der Waals surface area contributed by atoms with Gasteiger partial charge in [0.25, 0.3) is 0 Å². The number of aromatic nitrogens is 1. The zero-order valence-corrected chi connectivity index (χ0v) is 17.4. The van der Waals surface area contributed by atoms with Gasteiger partial charge < -0.3 is 10.2 Å². The summed E-state index contributed by atoms with van der Waals surface area (Å²) in [5.74, 6) is 1.67. The van der Waals surface area contributed by atoms with E-state index in [9.17, 15) is 8.42 Å². The predicted molar refractivity (Wildman–Crippen MR) is 107 cm³/mol. The highest BCUT2D eigenvalue weighted by Gasteiger charge is 2.41. The maximum atomic E-state index is 12.3. The Balaban J connectivity index is 2.20. The van der Waals surface area contributed by atoms with E-state index in [0.29, 0.717) is 25.6 Å². The van der Waals surface area contributed by atoms with E-state index in [1.54, 1.807) is 20.0 Å². The Bertz CT molecular complexity index is 714. The lowest BCUT2D eigenvalue weighted by Gasteiger charge is -2.39. The summed E-state index contributed by atoms with van der Waals surface area (Å²) in [4.78, 5) is 11.2. The number of hydrogen-bond acceptors (Lipinski definition) is 4. The number of sulfone groups is 1. The van der Waals surface area contributed by atoms with Gasteiger partial charge in [-0.2, -0.15) is 0 Å². The Kier molecular flexibility index (Phi) is 6.66. The highest BCUT2D eigenvalue weighted by atomic mass is 32.2. The molecule has 1 N–H and O–H groups in total. The third-order valence-electron chi connectivity index (χ3n) is 5.03. The van der Waals surface area contributed by atoms with Crippen molar-refractivity contribution < 1.29 is 8.42 Å². The fourth-order valence-corrected chi connectivity index (χ4v) is 4.60. The third-order valence-corrected chi connectivity index (χ3v) is 7.57. The average molecular weight is 381 g/mol. The predicted octanol–water partition coefficient (Wildman–Crippen LogP) is 2.30. The number of aliphatic imine (C=N–C) groups is 1. The topological polar surface area (TPSA) is 74.7 Å². The van der Waals surface area contributed by atoms with Crippen LogP contribution in [0.25, 0.3) is 0 Å². The average Bonchev–Trinajstić information content (AvgIpc) is 2.57. The van der Waals surface area contributed by atoms with Gasteiger partial charge in [0.1, 0.15) is 0 Å². The summed E-state index contributed by atoms with van der Waals surface area (Å²) in [6.07, 6.45) is 3.69. The second-order valence-corrected chi connectivity index (χ2v) is 10.6. The first kappa shape index (κ1) is 20.7. The van der Waals surface area contributed by atoms with Crippen molar-refractivity contribution >= 4 is 15.8 Å². The zero-order chi connectivity index (χ0) is 19.4. The van der Waals surface area contributed by atoms with E-state index in [2.05, 4.69) is 35.1 Å². The number of guanidine groups is 1. The van der Waals surface area contributed by atoms with Gasteiger partial charge in [-0.3, -0.25) is 9.98 Å². The van der Waals surface area contributed by atoms with E-state index < -0.39 is 14.6 Å². The lowest BCUT2D eigenvalue weighted by atomic mass is 9.89. The largest absolute Gasteiger partial charge is 0.357 e. The Morgan fingerprint density at radius 2 is 2.15 bits per heavy atom. The molecular formula is C19H32N4O2S. The molecule has 1 atom stereocenters. The Morgan fingerprint density at radius 3 is 2.69 bits per heavy atom. The van der Waals surface area contributed by atoms with Gasteiger partial charge in [-0.05, 0) is 38.3 Å². The van der Waals surface area contributed by atoms with Crippen molar-refractivity contribution in [1.29, 1.82) is 0 Å². The van der Waals surface area contributed by atoms with Crippen LogP contribution in [0.1, 0.15) is 46.1 Å². The van der Waals surface area contributed by atoms with E-state index in [1.165, 1.54) is 5.56 Å². The first-order valence-electron chi connectivity index (χ1n) is 9.33. The van der Waals surface area contributed by atoms with Crippen molar-refractivity contribution in [3.05, 3.63) is 30.1 Å². The van der Waals surface area contributed by atoms with Gasteiger partial charge in [0.2, 0.25) is 0 Å². The third kappa shape index (κ3) is 4.75. The minimum atomic E-state index is -3.06. The summed E-state index contributed by atoms with van der Waals surface area (Å²) in [5, 5.41) is 3.33. The lowest BCUT2D eigenvalue weighted by Crippen LogP contribution is -2.57. The summed E-state index contributed by atoms with van der Waals surface area (Å²) in [6.45, 7) is 12.3. The quantitative estimate of drug-likeness (QED) is 0.627.